The van der Waals surface area contributed by atoms with E-state index in [0.717, 1.165) is 11.3 Å². The minimum Gasteiger partial charge on any atom is -0.493 e. The largest absolute Gasteiger partial charge is 0.493 e. The molecule has 0 aliphatic carbocycles. The van der Waals surface area contributed by atoms with E-state index < -0.39 is 43.1 Å². The van der Waals surface area contributed by atoms with Gasteiger partial charge in [-0.25, -0.2) is 4.79 Å². The molecule has 182 valence electrons. The quantitative estimate of drug-likeness (QED) is 0.192. The fourth-order valence-electron chi connectivity index (χ4n) is 2.86. The lowest BCUT2D eigenvalue weighted by molar-refractivity contribution is -0.166. The van der Waals surface area contributed by atoms with Crippen LogP contribution in [0.2, 0.25) is 0 Å². The summed E-state index contributed by atoms with van der Waals surface area (Å²) in [6.45, 7) is -0.418. The summed E-state index contributed by atoms with van der Waals surface area (Å²) in [7, 11) is 2.80. The number of primary amides is 1. The molecule has 0 aliphatic heterocycles. The molecule has 3 amide bonds. The fraction of sp³-hybridized carbons (Fsp3) is 0.400. The van der Waals surface area contributed by atoms with Gasteiger partial charge in [-0.15, -0.1) is 11.3 Å². The molecule has 9 N–H and O–H groups in total. The monoisotopic (exact) mass is 485 g/mol. The second-order valence-corrected chi connectivity index (χ2v) is 7.91. The Bertz CT molecular complexity index is 968. The summed E-state index contributed by atoms with van der Waals surface area (Å²) in [4.78, 5) is 24.2. The van der Waals surface area contributed by atoms with Gasteiger partial charge in [0, 0.05) is 18.5 Å². The van der Waals surface area contributed by atoms with Crippen LogP contribution in [0.5, 0.6) is 11.5 Å². The van der Waals surface area contributed by atoms with Crippen LogP contribution in [0.15, 0.2) is 24.3 Å². The second kappa shape index (κ2) is 11.8. The van der Waals surface area contributed by atoms with Gasteiger partial charge in [-0.3, -0.25) is 4.79 Å². The Kier molecular flexibility index (Phi) is 9.40. The molecule has 0 spiro atoms. The van der Waals surface area contributed by atoms with Crippen LogP contribution in [-0.4, -0.2) is 82.8 Å². The summed E-state index contributed by atoms with van der Waals surface area (Å²) >= 11 is 1.09. The molecule has 1 heterocycles. The molecule has 13 heteroatoms. The van der Waals surface area contributed by atoms with Gasteiger partial charge in [-0.1, -0.05) is 0 Å². The molecule has 33 heavy (non-hydrogen) atoms. The van der Waals surface area contributed by atoms with Crippen LogP contribution in [-0.2, 0) is 0 Å². The number of benzene rings is 1. The van der Waals surface area contributed by atoms with Crippen LogP contribution in [0.3, 0.4) is 0 Å². The lowest BCUT2D eigenvalue weighted by atomic mass is 10.1. The minimum absolute atomic E-state index is 0.0233. The van der Waals surface area contributed by atoms with E-state index in [1.165, 1.54) is 20.2 Å². The number of hydrogen-bond acceptors (Lipinski definition) is 10. The van der Waals surface area contributed by atoms with Crippen LogP contribution < -0.4 is 25.8 Å². The highest BCUT2D eigenvalue weighted by Gasteiger charge is 2.32. The van der Waals surface area contributed by atoms with E-state index in [0.29, 0.717) is 10.4 Å². The van der Waals surface area contributed by atoms with Crippen LogP contribution in [0.25, 0.3) is 10.4 Å². The molecule has 0 bridgehead atoms. The third-order valence-corrected chi connectivity index (χ3v) is 5.76. The number of carbonyl (C=O) groups is 2. The normalized spacial score (nSPS) is 14.6. The maximum absolute atomic E-state index is 12.1. The number of nitrogens with two attached hydrogens (primary N) is 1. The van der Waals surface area contributed by atoms with Gasteiger partial charge < -0.3 is 51.4 Å². The van der Waals surface area contributed by atoms with E-state index >= 15 is 0 Å². The first-order chi connectivity index (χ1) is 15.6. The molecule has 0 saturated heterocycles. The number of rotatable bonds is 11. The molecule has 1 aromatic carbocycles. The third kappa shape index (κ3) is 6.54. The number of thiophene rings is 1. The number of amides is 3. The number of ether oxygens (including phenoxy) is 2. The first-order valence-corrected chi connectivity index (χ1v) is 10.5. The van der Waals surface area contributed by atoms with Crippen LogP contribution in [0.4, 0.5) is 10.5 Å². The third-order valence-electron chi connectivity index (χ3n) is 4.58. The summed E-state index contributed by atoms with van der Waals surface area (Å²) in [5, 5.41) is 53.4. The smallest absolute Gasteiger partial charge is 0.316 e. The summed E-state index contributed by atoms with van der Waals surface area (Å²) in [5.74, 6) is -0.236. The summed E-state index contributed by atoms with van der Waals surface area (Å²) in [6.07, 6.45) is -7.22. The molecule has 0 fully saturated rings. The van der Waals surface area contributed by atoms with Gasteiger partial charge >= 0.3 is 6.03 Å². The van der Waals surface area contributed by atoms with E-state index in [9.17, 15) is 30.0 Å². The van der Waals surface area contributed by atoms with Crippen molar-refractivity contribution >= 4 is 29.0 Å². The molecule has 0 aliphatic rings. The molecule has 0 saturated carbocycles. The lowest BCUT2D eigenvalue weighted by Crippen LogP contribution is -2.46. The van der Waals surface area contributed by atoms with Crippen molar-refractivity contribution in [2.75, 3.05) is 26.1 Å². The van der Waals surface area contributed by atoms with Crippen molar-refractivity contribution in [1.29, 1.82) is 0 Å². The van der Waals surface area contributed by atoms with Gasteiger partial charge in [0.15, 0.2) is 11.5 Å². The highest BCUT2D eigenvalue weighted by atomic mass is 32.1. The highest BCUT2D eigenvalue weighted by molar-refractivity contribution is 7.18. The predicted molar refractivity (Wildman–Crippen MR) is 119 cm³/mol. The molecule has 4 atom stereocenters. The van der Waals surface area contributed by atoms with Gasteiger partial charge in [-0.2, -0.15) is 0 Å². The summed E-state index contributed by atoms with van der Waals surface area (Å²) < 4.78 is 10.6. The van der Waals surface area contributed by atoms with Gasteiger partial charge in [0.2, 0.25) is 6.29 Å². The van der Waals surface area contributed by atoms with Crippen molar-refractivity contribution in [2.24, 2.45) is 5.73 Å². The van der Waals surface area contributed by atoms with E-state index in [1.54, 1.807) is 18.2 Å². The van der Waals surface area contributed by atoms with Crippen molar-refractivity contribution in [3.8, 4) is 21.9 Å². The van der Waals surface area contributed by atoms with Crippen LogP contribution in [0, 0.1) is 0 Å². The Morgan fingerprint density at radius 2 is 1.82 bits per heavy atom. The number of nitrogens with one attached hydrogen (secondary N) is 2. The highest BCUT2D eigenvalue weighted by Crippen LogP contribution is 2.39. The Balaban J connectivity index is 2.28. The molecule has 12 nitrogen and oxygen atoms in total. The van der Waals surface area contributed by atoms with Gasteiger partial charge in [0.25, 0.3) is 5.91 Å². The molecule has 0 radical (unpaired) electrons. The average molecular weight is 486 g/mol. The Hall–Kier alpha value is -2.94. The van der Waals surface area contributed by atoms with Gasteiger partial charge in [0.1, 0.15) is 17.1 Å². The van der Waals surface area contributed by atoms with E-state index in [4.69, 9.17) is 20.3 Å². The maximum Gasteiger partial charge on any atom is 0.316 e. The minimum atomic E-state index is -1.92. The number of hydrogen-bond donors (Lipinski definition) is 8. The first kappa shape index (κ1) is 26.3. The summed E-state index contributed by atoms with van der Waals surface area (Å²) in [6, 6.07) is 5.29. The van der Waals surface area contributed by atoms with Crippen molar-refractivity contribution in [2.45, 2.75) is 31.0 Å². The average Bonchev–Trinajstić information content (AvgIpc) is 3.20. The Labute approximate surface area is 193 Å². The lowest BCUT2D eigenvalue weighted by Gasteiger charge is -2.26. The van der Waals surface area contributed by atoms with Crippen molar-refractivity contribution < 1.29 is 44.6 Å². The fourth-order valence-corrected chi connectivity index (χ4v) is 3.91. The second-order valence-electron chi connectivity index (χ2n) is 6.86. The van der Waals surface area contributed by atoms with E-state index in [-0.39, 0.29) is 28.5 Å². The number of methoxy groups -OCH3 is 1. The number of urea groups is 1. The Morgan fingerprint density at radius 1 is 1.12 bits per heavy atom. The van der Waals surface area contributed by atoms with Gasteiger partial charge in [-0.05, 0) is 36.2 Å². The molecule has 1 aromatic heterocycles. The standard InChI is InChI=1S/C20H27N3O9S/c1-22-18(28)17-10(23-20(21)30)8-14(33-17)9-3-4-12(13(7-9)31-2)32-19(29)16(27)15(26)11(25)5-6-24/h3-4,7-8,11,15-16,19,24-27,29H,5-6H2,1-2H3,(H,22,28)(H3,21,23,30). The van der Waals surface area contributed by atoms with Crippen molar-refractivity contribution in [3.63, 3.8) is 0 Å². The van der Waals surface area contributed by atoms with E-state index in [2.05, 4.69) is 10.6 Å². The van der Waals surface area contributed by atoms with Crippen LogP contribution >= 0.6 is 11.3 Å². The SMILES string of the molecule is CNC(=O)c1sc(-c2ccc(OC(O)C(O)C(O)C(O)CCO)c(OC)c2)cc1NC(N)=O. The number of aliphatic hydroxyl groups excluding tert-OH is 5. The molecule has 2 rings (SSSR count). The predicted octanol–water partition coefficient (Wildman–Crippen LogP) is -0.564. The number of anilines is 1. The first-order valence-electron chi connectivity index (χ1n) is 9.73. The summed E-state index contributed by atoms with van der Waals surface area (Å²) in [5.41, 5.74) is 5.99. The van der Waals surface area contributed by atoms with Crippen molar-refractivity contribution in [1.82, 2.24) is 5.32 Å². The van der Waals surface area contributed by atoms with Crippen LogP contribution in [0.1, 0.15) is 16.1 Å². The maximum atomic E-state index is 12.1. The molecule has 4 unspecified atom stereocenters. The zero-order valence-corrected chi connectivity index (χ0v) is 18.7. The molecular formula is C20H27N3O9S. The number of carbonyl (C=O) groups excluding carboxylic acids is 2. The van der Waals surface area contributed by atoms with Gasteiger partial charge in [0.05, 0.1) is 18.9 Å². The zero-order chi connectivity index (χ0) is 24.7. The molecule has 2 aromatic rings. The topological polar surface area (TPSA) is 204 Å². The zero-order valence-electron chi connectivity index (χ0n) is 17.9. The molecular weight excluding hydrogens is 458 g/mol. The van der Waals surface area contributed by atoms with Crippen molar-refractivity contribution in [3.05, 3.63) is 29.1 Å². The number of aliphatic hydroxyl groups is 5. The van der Waals surface area contributed by atoms with E-state index in [1.807, 2.05) is 0 Å². The Morgan fingerprint density at radius 3 is 2.39 bits per heavy atom.